The van der Waals surface area contributed by atoms with Gasteiger partial charge in [-0.15, -0.1) is 11.8 Å². The molecular weight excluding hydrogens is 242 g/mol. The zero-order chi connectivity index (χ0) is 13.4. The average molecular weight is 265 g/mol. The number of carbonyl (C=O) groups is 1. The summed E-state index contributed by atoms with van der Waals surface area (Å²) in [6, 6.07) is 8.11. The van der Waals surface area contributed by atoms with Crippen molar-refractivity contribution in [3.8, 4) is 0 Å². The largest absolute Gasteiger partial charge is 0.349 e. The molecule has 0 heterocycles. The van der Waals surface area contributed by atoms with Crippen LogP contribution in [0, 0.1) is 0 Å². The third-order valence-electron chi connectivity index (χ3n) is 2.94. The van der Waals surface area contributed by atoms with Crippen LogP contribution in [0.4, 0.5) is 0 Å². The van der Waals surface area contributed by atoms with Gasteiger partial charge in [0.1, 0.15) is 0 Å². The van der Waals surface area contributed by atoms with Crippen molar-refractivity contribution in [3.63, 3.8) is 0 Å². The predicted molar refractivity (Wildman–Crippen MR) is 79.3 cm³/mol. The number of hydrogen-bond acceptors (Lipinski definition) is 2. The summed E-state index contributed by atoms with van der Waals surface area (Å²) in [6.45, 7) is 4.31. The maximum absolute atomic E-state index is 12.2. The second-order valence-electron chi connectivity index (χ2n) is 4.48. The van der Waals surface area contributed by atoms with Crippen molar-refractivity contribution in [2.75, 3.05) is 6.26 Å². The monoisotopic (exact) mass is 265 g/mol. The molecule has 100 valence electrons. The second kappa shape index (κ2) is 8.20. The number of thioether (sulfide) groups is 1. The summed E-state index contributed by atoms with van der Waals surface area (Å²) in [5.74, 6) is 0.0535. The number of hydrogen-bond donors (Lipinski definition) is 1. The first-order chi connectivity index (χ1) is 8.71. The molecule has 2 nitrogen and oxygen atoms in total. The maximum atomic E-state index is 12.2. The maximum Gasteiger partial charge on any atom is 0.251 e. The third kappa shape index (κ3) is 4.73. The minimum absolute atomic E-state index is 0.0535. The molecule has 0 fully saturated rings. The normalized spacial score (nSPS) is 10.7. The van der Waals surface area contributed by atoms with E-state index in [1.807, 2.05) is 30.5 Å². The Morgan fingerprint density at radius 1 is 1.28 bits per heavy atom. The number of benzene rings is 1. The lowest BCUT2D eigenvalue weighted by Crippen LogP contribution is -2.34. The Morgan fingerprint density at radius 3 is 2.50 bits per heavy atom. The topological polar surface area (TPSA) is 29.1 Å². The summed E-state index contributed by atoms with van der Waals surface area (Å²) in [5, 5.41) is 3.14. The first kappa shape index (κ1) is 15.1. The van der Waals surface area contributed by atoms with Gasteiger partial charge in [-0.3, -0.25) is 4.79 Å². The molecule has 0 bridgehead atoms. The van der Waals surface area contributed by atoms with Crippen LogP contribution in [0.1, 0.15) is 49.9 Å². The van der Waals surface area contributed by atoms with E-state index in [-0.39, 0.29) is 5.91 Å². The molecule has 1 aromatic rings. The van der Waals surface area contributed by atoms with Gasteiger partial charge in [-0.1, -0.05) is 32.8 Å². The molecule has 1 aromatic carbocycles. The van der Waals surface area contributed by atoms with Crippen molar-refractivity contribution in [2.24, 2.45) is 0 Å². The average Bonchev–Trinajstić information content (AvgIpc) is 2.39. The Labute approximate surface area is 115 Å². The Kier molecular flexibility index (Phi) is 6.88. The van der Waals surface area contributed by atoms with Crippen molar-refractivity contribution in [1.29, 1.82) is 0 Å². The number of rotatable bonds is 7. The van der Waals surface area contributed by atoms with Gasteiger partial charge in [0.2, 0.25) is 0 Å². The van der Waals surface area contributed by atoms with Gasteiger partial charge in [0, 0.05) is 16.5 Å². The minimum Gasteiger partial charge on any atom is -0.349 e. The van der Waals surface area contributed by atoms with Gasteiger partial charge in [-0.25, -0.2) is 0 Å². The Bertz CT molecular complexity index is 373. The summed E-state index contributed by atoms with van der Waals surface area (Å²) in [6.07, 6.45) is 6.35. The van der Waals surface area contributed by atoms with Crippen LogP contribution >= 0.6 is 11.8 Å². The summed E-state index contributed by atoms with van der Waals surface area (Å²) >= 11 is 1.66. The summed E-state index contributed by atoms with van der Waals surface area (Å²) in [7, 11) is 0. The van der Waals surface area contributed by atoms with E-state index in [0.717, 1.165) is 36.1 Å². The van der Waals surface area contributed by atoms with Crippen LogP contribution < -0.4 is 5.32 Å². The number of amides is 1. The molecule has 0 radical (unpaired) electrons. The zero-order valence-electron chi connectivity index (χ0n) is 11.5. The highest BCUT2D eigenvalue weighted by Gasteiger charge is 2.12. The van der Waals surface area contributed by atoms with E-state index in [2.05, 4.69) is 19.2 Å². The van der Waals surface area contributed by atoms with E-state index in [4.69, 9.17) is 0 Å². The van der Waals surface area contributed by atoms with E-state index in [0.29, 0.717) is 6.04 Å². The molecule has 0 aliphatic rings. The fourth-order valence-corrected chi connectivity index (χ4v) is 2.48. The van der Waals surface area contributed by atoms with E-state index >= 15 is 0 Å². The highest BCUT2D eigenvalue weighted by molar-refractivity contribution is 7.98. The Hall–Kier alpha value is -0.960. The molecule has 18 heavy (non-hydrogen) atoms. The highest BCUT2D eigenvalue weighted by Crippen LogP contribution is 2.16. The number of nitrogens with one attached hydrogen (secondary N) is 1. The van der Waals surface area contributed by atoms with Crippen LogP contribution in [-0.4, -0.2) is 18.2 Å². The standard InChI is InChI=1S/C15H23NOS/c1-4-7-13(8-5-2)16-15(17)12-9-6-10-14(11-12)18-3/h6,9-11,13H,4-5,7-8H2,1-3H3,(H,16,17). The van der Waals surface area contributed by atoms with Gasteiger partial charge in [0.25, 0.3) is 5.91 Å². The molecule has 0 aliphatic heterocycles. The number of carbonyl (C=O) groups excluding carboxylic acids is 1. The molecule has 1 amide bonds. The molecular formula is C15H23NOS. The van der Waals surface area contributed by atoms with Crippen molar-refractivity contribution >= 4 is 17.7 Å². The minimum atomic E-state index is 0.0535. The highest BCUT2D eigenvalue weighted by atomic mass is 32.2. The van der Waals surface area contributed by atoms with Gasteiger partial charge >= 0.3 is 0 Å². The smallest absolute Gasteiger partial charge is 0.251 e. The molecule has 0 atom stereocenters. The van der Waals surface area contributed by atoms with Crippen LogP contribution in [0.5, 0.6) is 0 Å². The van der Waals surface area contributed by atoms with Gasteiger partial charge in [0.15, 0.2) is 0 Å². The fourth-order valence-electron chi connectivity index (χ4n) is 2.02. The molecule has 1 N–H and O–H groups in total. The summed E-state index contributed by atoms with van der Waals surface area (Å²) in [4.78, 5) is 13.3. The van der Waals surface area contributed by atoms with E-state index in [1.54, 1.807) is 11.8 Å². The first-order valence-electron chi connectivity index (χ1n) is 6.66. The van der Waals surface area contributed by atoms with Crippen molar-refractivity contribution < 1.29 is 4.79 Å². The predicted octanol–water partition coefficient (Wildman–Crippen LogP) is 4.11. The first-order valence-corrected chi connectivity index (χ1v) is 7.88. The van der Waals surface area contributed by atoms with Crippen molar-refractivity contribution in [2.45, 2.75) is 50.5 Å². The van der Waals surface area contributed by atoms with Crippen LogP contribution in [0.3, 0.4) is 0 Å². The Morgan fingerprint density at radius 2 is 1.94 bits per heavy atom. The second-order valence-corrected chi connectivity index (χ2v) is 5.36. The molecule has 0 saturated carbocycles. The van der Waals surface area contributed by atoms with E-state index < -0.39 is 0 Å². The van der Waals surface area contributed by atoms with E-state index in [1.165, 1.54) is 0 Å². The molecule has 0 spiro atoms. The molecule has 1 rings (SSSR count). The van der Waals surface area contributed by atoms with Gasteiger partial charge in [-0.2, -0.15) is 0 Å². The van der Waals surface area contributed by atoms with Gasteiger partial charge in [0.05, 0.1) is 0 Å². The molecule has 0 unspecified atom stereocenters. The van der Waals surface area contributed by atoms with Crippen molar-refractivity contribution in [3.05, 3.63) is 29.8 Å². The lowest BCUT2D eigenvalue weighted by atomic mass is 10.1. The van der Waals surface area contributed by atoms with Crippen molar-refractivity contribution in [1.82, 2.24) is 5.32 Å². The van der Waals surface area contributed by atoms with Gasteiger partial charge < -0.3 is 5.32 Å². The van der Waals surface area contributed by atoms with E-state index in [9.17, 15) is 4.79 Å². The SMILES string of the molecule is CCCC(CCC)NC(=O)c1cccc(SC)c1. The molecule has 0 aliphatic carbocycles. The Balaban J connectivity index is 2.67. The van der Waals surface area contributed by atoms with Crippen LogP contribution in [0.2, 0.25) is 0 Å². The van der Waals surface area contributed by atoms with Gasteiger partial charge in [-0.05, 0) is 37.3 Å². The third-order valence-corrected chi connectivity index (χ3v) is 3.67. The summed E-state index contributed by atoms with van der Waals surface area (Å²) in [5.41, 5.74) is 0.763. The molecule has 0 aromatic heterocycles. The molecule has 3 heteroatoms. The quantitative estimate of drug-likeness (QED) is 0.752. The lowest BCUT2D eigenvalue weighted by Gasteiger charge is -2.17. The summed E-state index contributed by atoms with van der Waals surface area (Å²) < 4.78 is 0. The molecule has 0 saturated heterocycles. The van der Waals surface area contributed by atoms with Crippen LogP contribution in [-0.2, 0) is 0 Å². The lowest BCUT2D eigenvalue weighted by molar-refractivity contribution is 0.0932. The van der Waals surface area contributed by atoms with Crippen LogP contribution in [0.25, 0.3) is 0 Å². The van der Waals surface area contributed by atoms with Crippen LogP contribution in [0.15, 0.2) is 29.2 Å². The fraction of sp³-hybridized carbons (Fsp3) is 0.533. The zero-order valence-corrected chi connectivity index (χ0v) is 12.3.